The van der Waals surface area contributed by atoms with E-state index in [2.05, 4.69) is 46.4 Å². The third kappa shape index (κ3) is 3.88. The predicted molar refractivity (Wildman–Crippen MR) is 80.5 cm³/mol. The monoisotopic (exact) mass is 321 g/mol. The van der Waals surface area contributed by atoms with Gasteiger partial charge in [0.2, 0.25) is 0 Å². The Hall–Kier alpha value is -1.19. The first kappa shape index (κ1) is 14.2. The van der Waals surface area contributed by atoms with Crippen molar-refractivity contribution in [3.8, 4) is 0 Å². The zero-order valence-electron chi connectivity index (χ0n) is 11.1. The maximum Gasteiger partial charge on any atom is 0.123 e. The van der Waals surface area contributed by atoms with Crippen LogP contribution >= 0.6 is 15.9 Å². The van der Waals surface area contributed by atoms with E-state index in [1.807, 2.05) is 13.0 Å². The Morgan fingerprint density at radius 2 is 2.00 bits per heavy atom. The molecule has 2 aromatic rings. The molecule has 3 heteroatoms. The van der Waals surface area contributed by atoms with Crippen LogP contribution in [-0.2, 0) is 6.54 Å². The molecule has 0 aliphatic carbocycles. The van der Waals surface area contributed by atoms with Gasteiger partial charge in [0.15, 0.2) is 0 Å². The van der Waals surface area contributed by atoms with Crippen LogP contribution in [0.15, 0.2) is 46.9 Å². The van der Waals surface area contributed by atoms with Gasteiger partial charge in [0.1, 0.15) is 5.82 Å². The largest absolute Gasteiger partial charge is 0.306 e. The van der Waals surface area contributed by atoms with E-state index in [4.69, 9.17) is 0 Å². The van der Waals surface area contributed by atoms with Crippen LogP contribution in [-0.4, -0.2) is 0 Å². The molecule has 2 aromatic carbocycles. The van der Waals surface area contributed by atoms with Crippen LogP contribution in [0, 0.1) is 12.7 Å². The van der Waals surface area contributed by atoms with Crippen molar-refractivity contribution in [3.63, 3.8) is 0 Å². The summed E-state index contributed by atoms with van der Waals surface area (Å²) in [6.45, 7) is 4.87. The molecule has 0 amide bonds. The number of hydrogen-bond donors (Lipinski definition) is 1. The molecule has 0 spiro atoms. The number of rotatable bonds is 4. The van der Waals surface area contributed by atoms with Gasteiger partial charge in [0.25, 0.3) is 0 Å². The third-order valence-corrected chi connectivity index (χ3v) is 4.05. The maximum atomic E-state index is 13.2. The summed E-state index contributed by atoms with van der Waals surface area (Å²) < 4.78 is 14.3. The smallest absolute Gasteiger partial charge is 0.123 e. The average Bonchev–Trinajstić information content (AvgIpc) is 2.40. The zero-order valence-corrected chi connectivity index (χ0v) is 12.7. The SMILES string of the molecule is Cc1ccc(CN[C@H](C)c2cccc(F)c2)cc1Br. The molecular weight excluding hydrogens is 305 g/mol. The summed E-state index contributed by atoms with van der Waals surface area (Å²) >= 11 is 3.53. The molecule has 0 radical (unpaired) electrons. The van der Waals surface area contributed by atoms with Crippen LogP contribution in [0.3, 0.4) is 0 Å². The topological polar surface area (TPSA) is 12.0 Å². The van der Waals surface area contributed by atoms with E-state index in [1.165, 1.54) is 17.2 Å². The van der Waals surface area contributed by atoms with Crippen LogP contribution in [0.5, 0.6) is 0 Å². The van der Waals surface area contributed by atoms with Crippen LogP contribution < -0.4 is 5.32 Å². The lowest BCUT2D eigenvalue weighted by Gasteiger charge is -2.15. The number of benzene rings is 2. The standard InChI is InChI=1S/C16H17BrFN/c1-11-6-7-13(8-16(11)17)10-19-12(2)14-4-3-5-15(18)9-14/h3-9,12,19H,10H2,1-2H3/t12-/m1/s1. The molecule has 2 rings (SSSR count). The summed E-state index contributed by atoms with van der Waals surface area (Å²) in [5, 5.41) is 3.40. The lowest BCUT2D eigenvalue weighted by Crippen LogP contribution is -2.18. The Bertz CT molecular complexity index is 568. The van der Waals surface area contributed by atoms with Gasteiger partial charge < -0.3 is 5.32 Å². The molecule has 1 nitrogen and oxygen atoms in total. The van der Waals surface area contributed by atoms with Gasteiger partial charge in [-0.1, -0.05) is 40.2 Å². The van der Waals surface area contributed by atoms with E-state index in [0.29, 0.717) is 0 Å². The fourth-order valence-electron chi connectivity index (χ4n) is 1.91. The van der Waals surface area contributed by atoms with Gasteiger partial charge in [-0.3, -0.25) is 0 Å². The first-order valence-corrected chi connectivity index (χ1v) is 7.09. The van der Waals surface area contributed by atoms with E-state index in [9.17, 15) is 4.39 Å². The second-order valence-electron chi connectivity index (χ2n) is 4.74. The average molecular weight is 322 g/mol. The van der Waals surface area contributed by atoms with Crippen molar-refractivity contribution in [2.45, 2.75) is 26.4 Å². The predicted octanol–water partition coefficient (Wildman–Crippen LogP) is 4.75. The summed E-state index contributed by atoms with van der Waals surface area (Å²) in [5.41, 5.74) is 3.40. The van der Waals surface area contributed by atoms with E-state index in [1.54, 1.807) is 12.1 Å². The minimum Gasteiger partial charge on any atom is -0.306 e. The molecule has 1 atom stereocenters. The van der Waals surface area contributed by atoms with Crippen molar-refractivity contribution in [1.82, 2.24) is 5.32 Å². The van der Waals surface area contributed by atoms with Crippen molar-refractivity contribution in [3.05, 3.63) is 69.4 Å². The first-order valence-electron chi connectivity index (χ1n) is 6.30. The molecule has 0 aliphatic heterocycles. The van der Waals surface area contributed by atoms with Crippen molar-refractivity contribution in [2.24, 2.45) is 0 Å². The van der Waals surface area contributed by atoms with Crippen LogP contribution in [0.25, 0.3) is 0 Å². The summed E-state index contributed by atoms with van der Waals surface area (Å²) in [4.78, 5) is 0. The van der Waals surface area contributed by atoms with Gasteiger partial charge >= 0.3 is 0 Å². The van der Waals surface area contributed by atoms with E-state index < -0.39 is 0 Å². The highest BCUT2D eigenvalue weighted by molar-refractivity contribution is 9.10. The number of nitrogens with one attached hydrogen (secondary N) is 1. The van der Waals surface area contributed by atoms with Crippen molar-refractivity contribution >= 4 is 15.9 Å². The Kier molecular flexibility index (Phi) is 4.72. The quantitative estimate of drug-likeness (QED) is 0.857. The molecule has 0 unspecified atom stereocenters. The molecule has 0 saturated heterocycles. The Morgan fingerprint density at radius 1 is 1.21 bits per heavy atom. The normalized spacial score (nSPS) is 12.4. The fourth-order valence-corrected chi connectivity index (χ4v) is 2.34. The van der Waals surface area contributed by atoms with Crippen molar-refractivity contribution in [2.75, 3.05) is 0 Å². The van der Waals surface area contributed by atoms with Gasteiger partial charge in [-0.05, 0) is 48.7 Å². The molecule has 0 fully saturated rings. The highest BCUT2D eigenvalue weighted by Crippen LogP contribution is 2.19. The first-order chi connectivity index (χ1) is 9.06. The van der Waals surface area contributed by atoms with Gasteiger partial charge in [-0.15, -0.1) is 0 Å². The number of halogens is 2. The van der Waals surface area contributed by atoms with Crippen molar-refractivity contribution < 1.29 is 4.39 Å². The minimum absolute atomic E-state index is 0.121. The van der Waals surface area contributed by atoms with Crippen molar-refractivity contribution in [1.29, 1.82) is 0 Å². The van der Waals surface area contributed by atoms with E-state index >= 15 is 0 Å². The molecular formula is C16H17BrFN. The Balaban J connectivity index is 2.00. The maximum absolute atomic E-state index is 13.2. The van der Waals surface area contributed by atoms with Gasteiger partial charge in [-0.2, -0.15) is 0 Å². The fraction of sp³-hybridized carbons (Fsp3) is 0.250. The molecule has 19 heavy (non-hydrogen) atoms. The zero-order chi connectivity index (χ0) is 13.8. The minimum atomic E-state index is -0.191. The molecule has 0 aliphatic rings. The highest BCUT2D eigenvalue weighted by atomic mass is 79.9. The van der Waals surface area contributed by atoms with Gasteiger partial charge in [-0.25, -0.2) is 4.39 Å². The summed E-state index contributed by atoms with van der Waals surface area (Å²) in [6, 6.07) is 13.1. The number of aryl methyl sites for hydroxylation is 1. The summed E-state index contributed by atoms with van der Waals surface area (Å²) in [7, 11) is 0. The van der Waals surface area contributed by atoms with E-state index in [0.717, 1.165) is 16.6 Å². The van der Waals surface area contributed by atoms with E-state index in [-0.39, 0.29) is 11.9 Å². The lowest BCUT2D eigenvalue weighted by atomic mass is 10.1. The second kappa shape index (κ2) is 6.31. The molecule has 0 heterocycles. The molecule has 100 valence electrons. The van der Waals surface area contributed by atoms with Gasteiger partial charge in [0.05, 0.1) is 0 Å². The number of hydrogen-bond acceptors (Lipinski definition) is 1. The highest BCUT2D eigenvalue weighted by Gasteiger charge is 2.06. The summed E-state index contributed by atoms with van der Waals surface area (Å²) in [6.07, 6.45) is 0. The van der Waals surface area contributed by atoms with Crippen LogP contribution in [0.2, 0.25) is 0 Å². The molecule has 0 bridgehead atoms. The molecule has 1 N–H and O–H groups in total. The Morgan fingerprint density at radius 3 is 2.68 bits per heavy atom. The van der Waals surface area contributed by atoms with Gasteiger partial charge in [0, 0.05) is 17.1 Å². The molecule has 0 saturated carbocycles. The lowest BCUT2D eigenvalue weighted by molar-refractivity contribution is 0.565. The van der Waals surface area contributed by atoms with Crippen LogP contribution in [0.4, 0.5) is 4.39 Å². The Labute approximate surface area is 122 Å². The van der Waals surface area contributed by atoms with Crippen LogP contribution in [0.1, 0.15) is 29.7 Å². The molecule has 0 aromatic heterocycles. The third-order valence-electron chi connectivity index (χ3n) is 3.20. The second-order valence-corrected chi connectivity index (χ2v) is 5.60. The summed E-state index contributed by atoms with van der Waals surface area (Å²) in [5.74, 6) is -0.191.